The number of carboxylic acid groups (broad SMARTS) is 1. The molecule has 1 saturated heterocycles. The van der Waals surface area contributed by atoms with Crippen LogP contribution in [0.15, 0.2) is 15.9 Å². The third kappa shape index (κ3) is 2.09. The average Bonchev–Trinajstić information content (AvgIpc) is 2.78. The van der Waals surface area contributed by atoms with E-state index in [1.54, 1.807) is 11.3 Å². The first-order chi connectivity index (χ1) is 7.14. The van der Waals surface area contributed by atoms with E-state index in [0.717, 1.165) is 15.8 Å². The molecule has 0 bridgehead atoms. The van der Waals surface area contributed by atoms with E-state index >= 15 is 0 Å². The van der Waals surface area contributed by atoms with Crippen LogP contribution in [0.5, 0.6) is 0 Å². The van der Waals surface area contributed by atoms with Gasteiger partial charge in [0.25, 0.3) is 0 Å². The summed E-state index contributed by atoms with van der Waals surface area (Å²) < 4.78 is 6.39. The van der Waals surface area contributed by atoms with E-state index in [-0.39, 0.29) is 0 Å². The van der Waals surface area contributed by atoms with Crippen molar-refractivity contribution in [3.05, 3.63) is 20.8 Å². The van der Waals surface area contributed by atoms with Gasteiger partial charge in [-0.1, -0.05) is 0 Å². The van der Waals surface area contributed by atoms with Crippen LogP contribution in [0, 0.1) is 0 Å². The molecule has 0 spiro atoms. The molecule has 1 aromatic heterocycles. The first-order valence-corrected chi connectivity index (χ1v) is 6.40. The maximum absolute atomic E-state index is 11.2. The van der Waals surface area contributed by atoms with Gasteiger partial charge in [0.05, 0.1) is 0 Å². The molecular weight excluding hydrogens is 280 g/mol. The molecule has 15 heavy (non-hydrogen) atoms. The third-order valence-corrected chi connectivity index (χ3v) is 4.56. The summed E-state index contributed by atoms with van der Waals surface area (Å²) in [5.74, 6) is -0.847. The highest BCUT2D eigenvalue weighted by Crippen LogP contribution is 2.34. The topological polar surface area (TPSA) is 46.5 Å². The third-order valence-electron chi connectivity index (χ3n) is 2.63. The van der Waals surface area contributed by atoms with Gasteiger partial charge in [-0.3, -0.25) is 0 Å². The minimum absolute atomic E-state index is 0.459. The van der Waals surface area contributed by atoms with Gasteiger partial charge < -0.3 is 9.84 Å². The normalized spacial score (nSPS) is 25.7. The van der Waals surface area contributed by atoms with E-state index in [2.05, 4.69) is 15.9 Å². The molecule has 0 aromatic carbocycles. The van der Waals surface area contributed by atoms with Gasteiger partial charge in [-0.2, -0.15) is 0 Å². The Balaban J connectivity index is 2.21. The van der Waals surface area contributed by atoms with Crippen LogP contribution >= 0.6 is 27.3 Å². The first kappa shape index (κ1) is 11.1. The number of ether oxygens (including phenoxy) is 1. The minimum Gasteiger partial charge on any atom is -0.479 e. The summed E-state index contributed by atoms with van der Waals surface area (Å²) in [6.45, 7) is 0.551. The van der Waals surface area contributed by atoms with Gasteiger partial charge >= 0.3 is 5.97 Å². The number of rotatable bonds is 3. The fraction of sp³-hybridized carbons (Fsp3) is 0.500. The largest absolute Gasteiger partial charge is 0.479 e. The number of carbonyl (C=O) groups is 1. The lowest BCUT2D eigenvalue weighted by Gasteiger charge is -2.22. The van der Waals surface area contributed by atoms with Crippen molar-refractivity contribution in [1.82, 2.24) is 0 Å². The van der Waals surface area contributed by atoms with Crippen molar-refractivity contribution in [3.8, 4) is 0 Å². The van der Waals surface area contributed by atoms with E-state index < -0.39 is 11.6 Å². The van der Waals surface area contributed by atoms with Crippen LogP contribution in [0.1, 0.15) is 17.7 Å². The Labute approximate surface area is 100 Å². The number of hydrogen-bond acceptors (Lipinski definition) is 3. The number of carboxylic acids is 1. The van der Waals surface area contributed by atoms with Crippen molar-refractivity contribution in [3.63, 3.8) is 0 Å². The second-order valence-electron chi connectivity index (χ2n) is 3.62. The van der Waals surface area contributed by atoms with Crippen LogP contribution in [0.4, 0.5) is 0 Å². The molecule has 2 heterocycles. The summed E-state index contributed by atoms with van der Waals surface area (Å²) in [6, 6.07) is 1.94. The lowest BCUT2D eigenvalue weighted by molar-refractivity contribution is -0.159. The molecule has 1 aliphatic heterocycles. The molecule has 2 rings (SSSR count). The second-order valence-corrected chi connectivity index (χ2v) is 5.47. The van der Waals surface area contributed by atoms with Crippen LogP contribution in [0.2, 0.25) is 0 Å². The monoisotopic (exact) mass is 290 g/mol. The molecule has 0 radical (unpaired) electrons. The Morgan fingerprint density at radius 1 is 1.73 bits per heavy atom. The van der Waals surface area contributed by atoms with Crippen molar-refractivity contribution >= 4 is 33.2 Å². The van der Waals surface area contributed by atoms with E-state index in [9.17, 15) is 9.90 Å². The molecule has 1 unspecified atom stereocenters. The van der Waals surface area contributed by atoms with Gasteiger partial charge in [0.2, 0.25) is 0 Å². The SMILES string of the molecule is O=C(O)C1(Cc2sccc2Br)CCCO1. The summed E-state index contributed by atoms with van der Waals surface area (Å²) in [5.41, 5.74) is -0.993. The van der Waals surface area contributed by atoms with Crippen LogP contribution in [-0.4, -0.2) is 23.3 Å². The number of aliphatic carboxylic acids is 1. The highest BCUT2D eigenvalue weighted by molar-refractivity contribution is 9.10. The highest BCUT2D eigenvalue weighted by Gasteiger charge is 2.43. The fourth-order valence-electron chi connectivity index (χ4n) is 1.79. The van der Waals surface area contributed by atoms with Gasteiger partial charge in [-0.25, -0.2) is 4.79 Å². The molecule has 1 N–H and O–H groups in total. The molecule has 1 fully saturated rings. The molecule has 5 heteroatoms. The number of thiophene rings is 1. The zero-order valence-corrected chi connectivity index (χ0v) is 10.4. The number of hydrogen-bond donors (Lipinski definition) is 1. The lowest BCUT2D eigenvalue weighted by Crippen LogP contribution is -2.39. The molecule has 1 aliphatic rings. The molecule has 3 nitrogen and oxygen atoms in total. The zero-order valence-electron chi connectivity index (χ0n) is 8.03. The van der Waals surface area contributed by atoms with Crippen molar-refractivity contribution in [2.75, 3.05) is 6.61 Å². The molecule has 82 valence electrons. The number of halogens is 1. The average molecular weight is 291 g/mol. The summed E-state index contributed by atoms with van der Waals surface area (Å²) in [4.78, 5) is 12.3. The van der Waals surface area contributed by atoms with Gasteiger partial charge in [0.1, 0.15) is 0 Å². The maximum atomic E-state index is 11.2. The van der Waals surface area contributed by atoms with Crippen molar-refractivity contribution in [2.45, 2.75) is 24.9 Å². The Morgan fingerprint density at radius 2 is 2.53 bits per heavy atom. The standard InChI is InChI=1S/C10H11BrO3S/c11-7-2-5-15-8(7)6-10(9(12)13)3-1-4-14-10/h2,5H,1,3-4,6H2,(H,12,13). The molecule has 0 saturated carbocycles. The Morgan fingerprint density at radius 3 is 3.00 bits per heavy atom. The molecule has 1 aromatic rings. The summed E-state index contributed by atoms with van der Waals surface area (Å²) >= 11 is 4.97. The zero-order chi connectivity index (χ0) is 10.9. The predicted octanol–water partition coefficient (Wildman–Crippen LogP) is 2.69. The highest BCUT2D eigenvalue weighted by atomic mass is 79.9. The van der Waals surface area contributed by atoms with Crippen molar-refractivity contribution in [1.29, 1.82) is 0 Å². The van der Waals surface area contributed by atoms with Crippen molar-refractivity contribution in [2.24, 2.45) is 0 Å². The van der Waals surface area contributed by atoms with Gasteiger partial charge in [-0.05, 0) is 40.2 Å². The Hall–Kier alpha value is -0.390. The van der Waals surface area contributed by atoms with Crippen LogP contribution in [0.3, 0.4) is 0 Å². The van der Waals surface area contributed by atoms with Crippen molar-refractivity contribution < 1.29 is 14.6 Å². The summed E-state index contributed by atoms with van der Waals surface area (Å²) in [5, 5.41) is 11.2. The lowest BCUT2D eigenvalue weighted by atomic mass is 9.95. The first-order valence-electron chi connectivity index (χ1n) is 4.73. The summed E-state index contributed by atoms with van der Waals surface area (Å²) in [7, 11) is 0. The van der Waals surface area contributed by atoms with E-state index in [1.807, 2.05) is 11.4 Å². The molecular formula is C10H11BrO3S. The minimum atomic E-state index is -0.993. The van der Waals surface area contributed by atoms with Gasteiger partial charge in [0, 0.05) is 22.4 Å². The summed E-state index contributed by atoms with van der Waals surface area (Å²) in [6.07, 6.45) is 1.89. The second kappa shape index (κ2) is 4.23. The van der Waals surface area contributed by atoms with E-state index in [0.29, 0.717) is 19.4 Å². The molecule has 0 amide bonds. The van der Waals surface area contributed by atoms with Gasteiger partial charge in [0.15, 0.2) is 5.60 Å². The van der Waals surface area contributed by atoms with Crippen LogP contribution in [0.25, 0.3) is 0 Å². The van der Waals surface area contributed by atoms with E-state index in [4.69, 9.17) is 4.74 Å². The Bertz CT molecular complexity index is 368. The van der Waals surface area contributed by atoms with Crippen LogP contribution in [-0.2, 0) is 16.0 Å². The fourth-order valence-corrected chi connectivity index (χ4v) is 3.38. The van der Waals surface area contributed by atoms with E-state index in [1.165, 1.54) is 0 Å². The predicted molar refractivity (Wildman–Crippen MR) is 61.3 cm³/mol. The van der Waals surface area contributed by atoms with Gasteiger partial charge in [-0.15, -0.1) is 11.3 Å². The Kier molecular flexibility index (Phi) is 3.13. The quantitative estimate of drug-likeness (QED) is 0.931. The van der Waals surface area contributed by atoms with Crippen LogP contribution < -0.4 is 0 Å². The molecule has 1 atom stereocenters. The molecule has 0 aliphatic carbocycles. The maximum Gasteiger partial charge on any atom is 0.336 e. The smallest absolute Gasteiger partial charge is 0.336 e.